The molecule has 0 heterocycles. The number of rotatable bonds is 7. The summed E-state index contributed by atoms with van der Waals surface area (Å²) in [4.78, 5) is 11.1. The molecule has 0 radical (unpaired) electrons. The minimum Gasteiger partial charge on any atom is -0.480 e. The van der Waals surface area contributed by atoms with Gasteiger partial charge in [0, 0.05) is 6.04 Å². The summed E-state index contributed by atoms with van der Waals surface area (Å²) in [7, 11) is -3.75. The van der Waals surface area contributed by atoms with Gasteiger partial charge in [0.2, 0.25) is 0 Å². The number of carbonyl (C=O) groups is 1. The maximum atomic E-state index is 11.8. The summed E-state index contributed by atoms with van der Waals surface area (Å²) >= 11 is 0. The smallest absolute Gasteiger partial charge is 0.322 e. The first-order valence-corrected chi connectivity index (χ1v) is 7.86. The molecule has 7 heteroatoms. The predicted octanol–water partition coefficient (Wildman–Crippen LogP) is 0.852. The van der Waals surface area contributed by atoms with Gasteiger partial charge in [0.1, 0.15) is 6.04 Å². The van der Waals surface area contributed by atoms with Crippen LogP contribution in [0.4, 0.5) is 0 Å². The zero-order valence-electron chi connectivity index (χ0n) is 10.8. The van der Waals surface area contributed by atoms with E-state index in [2.05, 4.69) is 9.44 Å². The Morgan fingerprint density at radius 2 is 1.94 bits per heavy atom. The van der Waals surface area contributed by atoms with Crippen molar-refractivity contribution >= 4 is 16.2 Å². The second kappa shape index (κ2) is 6.49. The standard InChI is InChI=1S/C11H22N2O4S/c1-3-8(2)10(11(14)15)13-18(16,17)12-9-6-4-5-7-9/h8-10,12-13H,3-7H2,1-2H3,(H,14,15)/t8-,10-/m0/s1. The molecular formula is C11H22N2O4S. The van der Waals surface area contributed by atoms with Gasteiger partial charge in [-0.2, -0.15) is 17.9 Å². The van der Waals surface area contributed by atoms with Gasteiger partial charge in [-0.15, -0.1) is 0 Å². The molecule has 0 aliphatic heterocycles. The van der Waals surface area contributed by atoms with Crippen molar-refractivity contribution in [2.75, 3.05) is 0 Å². The molecule has 6 nitrogen and oxygen atoms in total. The van der Waals surface area contributed by atoms with E-state index in [0.29, 0.717) is 6.42 Å². The van der Waals surface area contributed by atoms with Crippen molar-refractivity contribution in [2.45, 2.75) is 58.0 Å². The Bertz CT molecular complexity index is 377. The minimum atomic E-state index is -3.75. The van der Waals surface area contributed by atoms with E-state index < -0.39 is 22.2 Å². The molecule has 0 saturated heterocycles. The lowest BCUT2D eigenvalue weighted by Crippen LogP contribution is -2.51. The van der Waals surface area contributed by atoms with Crippen molar-refractivity contribution in [3.8, 4) is 0 Å². The largest absolute Gasteiger partial charge is 0.480 e. The third kappa shape index (κ3) is 4.55. The third-order valence-corrected chi connectivity index (χ3v) is 4.65. The monoisotopic (exact) mass is 278 g/mol. The van der Waals surface area contributed by atoms with Crippen LogP contribution in [-0.4, -0.2) is 31.6 Å². The van der Waals surface area contributed by atoms with Gasteiger partial charge >= 0.3 is 5.97 Å². The van der Waals surface area contributed by atoms with Gasteiger partial charge in [-0.3, -0.25) is 4.79 Å². The lowest BCUT2D eigenvalue weighted by Gasteiger charge is -2.21. The average molecular weight is 278 g/mol. The van der Waals surface area contributed by atoms with Crippen LogP contribution in [-0.2, 0) is 15.0 Å². The molecule has 1 saturated carbocycles. The van der Waals surface area contributed by atoms with Crippen LogP contribution in [0.3, 0.4) is 0 Å². The second-order valence-corrected chi connectivity index (χ2v) is 6.40. The van der Waals surface area contributed by atoms with Crippen molar-refractivity contribution in [1.82, 2.24) is 9.44 Å². The van der Waals surface area contributed by atoms with Gasteiger partial charge in [-0.25, -0.2) is 0 Å². The molecule has 1 aliphatic rings. The second-order valence-electron chi connectivity index (χ2n) is 4.92. The summed E-state index contributed by atoms with van der Waals surface area (Å²) in [6, 6.07) is -1.14. The minimum absolute atomic E-state index is 0.0612. The highest BCUT2D eigenvalue weighted by Gasteiger charge is 2.30. The number of nitrogens with one attached hydrogen (secondary N) is 2. The summed E-state index contributed by atoms with van der Waals surface area (Å²) in [5.74, 6) is -1.39. The van der Waals surface area contributed by atoms with E-state index in [1.54, 1.807) is 6.92 Å². The van der Waals surface area contributed by atoms with Crippen LogP contribution >= 0.6 is 0 Å². The van der Waals surface area contributed by atoms with Crippen LogP contribution in [0.15, 0.2) is 0 Å². The Hall–Kier alpha value is -0.660. The number of aliphatic carboxylic acids is 1. The Labute approximate surface area is 108 Å². The van der Waals surface area contributed by atoms with E-state index in [0.717, 1.165) is 25.7 Å². The van der Waals surface area contributed by atoms with Crippen molar-refractivity contribution in [3.63, 3.8) is 0 Å². The van der Waals surface area contributed by atoms with E-state index in [-0.39, 0.29) is 12.0 Å². The molecule has 1 aliphatic carbocycles. The SMILES string of the molecule is CC[C@H](C)[C@H](NS(=O)(=O)NC1CCCC1)C(=O)O. The van der Waals surface area contributed by atoms with Gasteiger partial charge in [-0.1, -0.05) is 33.1 Å². The normalized spacial score (nSPS) is 20.8. The summed E-state index contributed by atoms with van der Waals surface area (Å²) < 4.78 is 28.4. The number of carboxylic acid groups (broad SMARTS) is 1. The molecule has 0 aromatic carbocycles. The van der Waals surface area contributed by atoms with Crippen molar-refractivity contribution in [2.24, 2.45) is 5.92 Å². The molecule has 2 atom stereocenters. The fraction of sp³-hybridized carbons (Fsp3) is 0.909. The van der Waals surface area contributed by atoms with Crippen molar-refractivity contribution in [3.05, 3.63) is 0 Å². The highest BCUT2D eigenvalue weighted by atomic mass is 32.2. The zero-order chi connectivity index (χ0) is 13.8. The molecular weight excluding hydrogens is 256 g/mol. The van der Waals surface area contributed by atoms with Crippen molar-refractivity contribution in [1.29, 1.82) is 0 Å². The molecule has 1 rings (SSSR count). The number of hydrogen-bond acceptors (Lipinski definition) is 3. The highest BCUT2D eigenvalue weighted by molar-refractivity contribution is 7.87. The fourth-order valence-corrected chi connectivity index (χ4v) is 3.52. The Morgan fingerprint density at radius 3 is 2.39 bits per heavy atom. The fourth-order valence-electron chi connectivity index (χ4n) is 2.11. The average Bonchev–Trinajstić information content (AvgIpc) is 2.76. The lowest BCUT2D eigenvalue weighted by molar-refractivity contribution is -0.140. The summed E-state index contributed by atoms with van der Waals surface area (Å²) in [5, 5.41) is 9.04. The van der Waals surface area contributed by atoms with E-state index in [1.165, 1.54) is 0 Å². The molecule has 3 N–H and O–H groups in total. The maximum Gasteiger partial charge on any atom is 0.322 e. The van der Waals surface area contributed by atoms with Crippen LogP contribution in [0, 0.1) is 5.92 Å². The molecule has 0 amide bonds. The third-order valence-electron chi connectivity index (χ3n) is 3.44. The molecule has 0 unspecified atom stereocenters. The van der Waals surface area contributed by atoms with E-state index in [4.69, 9.17) is 5.11 Å². The van der Waals surface area contributed by atoms with Crippen LogP contribution in [0.25, 0.3) is 0 Å². The number of hydrogen-bond donors (Lipinski definition) is 3. The molecule has 0 aromatic heterocycles. The predicted molar refractivity (Wildman–Crippen MR) is 68.3 cm³/mol. The van der Waals surface area contributed by atoms with Crippen molar-refractivity contribution < 1.29 is 18.3 Å². The summed E-state index contributed by atoms with van der Waals surface area (Å²) in [6.45, 7) is 3.55. The van der Waals surface area contributed by atoms with Gasteiger partial charge in [0.05, 0.1) is 0 Å². The highest BCUT2D eigenvalue weighted by Crippen LogP contribution is 2.18. The molecule has 0 aromatic rings. The van der Waals surface area contributed by atoms with Crippen LogP contribution in [0.2, 0.25) is 0 Å². The number of carboxylic acids is 1. The molecule has 106 valence electrons. The first-order chi connectivity index (χ1) is 8.35. The van der Waals surface area contributed by atoms with Gasteiger partial charge < -0.3 is 5.11 Å². The van der Waals surface area contributed by atoms with Crippen LogP contribution in [0.1, 0.15) is 46.0 Å². The van der Waals surface area contributed by atoms with Gasteiger partial charge in [0.25, 0.3) is 10.2 Å². The van der Waals surface area contributed by atoms with E-state index in [9.17, 15) is 13.2 Å². The maximum absolute atomic E-state index is 11.8. The van der Waals surface area contributed by atoms with E-state index in [1.807, 2.05) is 6.92 Å². The van der Waals surface area contributed by atoms with E-state index >= 15 is 0 Å². The molecule has 18 heavy (non-hydrogen) atoms. The Morgan fingerprint density at radius 1 is 1.39 bits per heavy atom. The first-order valence-electron chi connectivity index (χ1n) is 6.38. The summed E-state index contributed by atoms with van der Waals surface area (Å²) in [6.07, 6.45) is 4.27. The summed E-state index contributed by atoms with van der Waals surface area (Å²) in [5.41, 5.74) is 0. The lowest BCUT2D eigenvalue weighted by atomic mass is 10.0. The molecule has 0 spiro atoms. The Kier molecular flexibility index (Phi) is 5.55. The Balaban J connectivity index is 2.63. The zero-order valence-corrected chi connectivity index (χ0v) is 11.7. The molecule has 0 bridgehead atoms. The van der Waals surface area contributed by atoms with Crippen LogP contribution < -0.4 is 9.44 Å². The van der Waals surface area contributed by atoms with Gasteiger partial charge in [-0.05, 0) is 18.8 Å². The quantitative estimate of drug-likeness (QED) is 0.643. The van der Waals surface area contributed by atoms with Gasteiger partial charge in [0.15, 0.2) is 0 Å². The van der Waals surface area contributed by atoms with Crippen LogP contribution in [0.5, 0.6) is 0 Å². The molecule has 1 fully saturated rings. The first kappa shape index (κ1) is 15.4. The topological polar surface area (TPSA) is 95.5 Å².